The maximum Gasteiger partial charge on any atom is 0.242 e. The number of aromatic nitrogens is 1. The van der Waals surface area contributed by atoms with Crippen molar-refractivity contribution in [1.82, 2.24) is 9.88 Å². The normalized spacial score (nSPS) is 14.6. The van der Waals surface area contributed by atoms with E-state index < -0.39 is 0 Å². The molecule has 1 aliphatic rings. The molecule has 29 heavy (non-hydrogen) atoms. The van der Waals surface area contributed by atoms with Crippen molar-refractivity contribution in [2.24, 2.45) is 0 Å². The van der Waals surface area contributed by atoms with Crippen molar-refractivity contribution < 1.29 is 9.59 Å². The molecule has 1 fully saturated rings. The molecule has 1 aliphatic heterocycles. The maximum absolute atomic E-state index is 12.9. The van der Waals surface area contributed by atoms with E-state index in [9.17, 15) is 9.59 Å². The van der Waals surface area contributed by atoms with Crippen molar-refractivity contribution in [3.63, 3.8) is 0 Å². The molecule has 0 radical (unpaired) electrons. The van der Waals surface area contributed by atoms with E-state index in [4.69, 9.17) is 0 Å². The SMILES string of the molecule is CC(=O)N(CC(=O)N1CCN(c2ccccn2)CC1)c1ccc(C(C)(C)C)cc1. The van der Waals surface area contributed by atoms with Crippen molar-refractivity contribution in [3.8, 4) is 0 Å². The molecule has 0 spiro atoms. The summed E-state index contributed by atoms with van der Waals surface area (Å²) in [5, 5.41) is 0. The van der Waals surface area contributed by atoms with Gasteiger partial charge in [0.05, 0.1) is 0 Å². The fourth-order valence-electron chi connectivity index (χ4n) is 3.49. The molecule has 2 aromatic rings. The summed E-state index contributed by atoms with van der Waals surface area (Å²) in [6, 6.07) is 13.8. The third kappa shape index (κ3) is 5.13. The molecule has 1 saturated heterocycles. The molecule has 2 amide bonds. The van der Waals surface area contributed by atoms with Gasteiger partial charge >= 0.3 is 0 Å². The Kier molecular flexibility index (Phi) is 6.20. The predicted octanol–water partition coefficient (Wildman–Crippen LogP) is 3.08. The quantitative estimate of drug-likeness (QED) is 0.800. The summed E-state index contributed by atoms with van der Waals surface area (Å²) >= 11 is 0. The molecule has 0 bridgehead atoms. The van der Waals surface area contributed by atoms with Gasteiger partial charge in [-0.05, 0) is 35.2 Å². The monoisotopic (exact) mass is 394 g/mol. The number of hydrogen-bond acceptors (Lipinski definition) is 4. The minimum absolute atomic E-state index is 0.0271. The molecular weight excluding hydrogens is 364 g/mol. The fraction of sp³-hybridized carbons (Fsp3) is 0.435. The lowest BCUT2D eigenvalue weighted by Gasteiger charge is -2.36. The molecule has 0 atom stereocenters. The molecule has 0 N–H and O–H groups in total. The topological polar surface area (TPSA) is 56.8 Å². The van der Waals surface area contributed by atoms with Crippen LogP contribution >= 0.6 is 0 Å². The zero-order valence-corrected chi connectivity index (χ0v) is 17.8. The van der Waals surface area contributed by atoms with E-state index in [0.717, 1.165) is 24.6 Å². The Morgan fingerprint density at radius 2 is 1.66 bits per heavy atom. The first kappa shape index (κ1) is 20.8. The summed E-state index contributed by atoms with van der Waals surface area (Å²) < 4.78 is 0. The molecule has 0 aliphatic carbocycles. The zero-order valence-electron chi connectivity index (χ0n) is 17.8. The second-order valence-electron chi connectivity index (χ2n) is 8.46. The van der Waals surface area contributed by atoms with Gasteiger partial charge in [-0.15, -0.1) is 0 Å². The Hall–Kier alpha value is -2.89. The van der Waals surface area contributed by atoms with Gasteiger partial charge in [0.15, 0.2) is 0 Å². The van der Waals surface area contributed by atoms with Gasteiger partial charge in [-0.25, -0.2) is 4.98 Å². The summed E-state index contributed by atoms with van der Waals surface area (Å²) in [7, 11) is 0. The Bertz CT molecular complexity index is 835. The number of rotatable bonds is 4. The summed E-state index contributed by atoms with van der Waals surface area (Å²) in [6.45, 7) is 10.8. The Labute approximate surface area is 173 Å². The number of pyridine rings is 1. The van der Waals surface area contributed by atoms with Crippen LogP contribution in [-0.4, -0.2) is 54.4 Å². The summed E-state index contributed by atoms with van der Waals surface area (Å²) in [5.41, 5.74) is 2.00. The predicted molar refractivity (Wildman–Crippen MR) is 116 cm³/mol. The number of carbonyl (C=O) groups is 2. The molecule has 154 valence electrons. The van der Waals surface area contributed by atoms with E-state index in [-0.39, 0.29) is 23.8 Å². The third-order valence-electron chi connectivity index (χ3n) is 5.32. The number of hydrogen-bond donors (Lipinski definition) is 0. The zero-order chi connectivity index (χ0) is 21.0. The van der Waals surface area contributed by atoms with Crippen LogP contribution in [0.5, 0.6) is 0 Å². The highest BCUT2D eigenvalue weighted by molar-refractivity contribution is 5.97. The van der Waals surface area contributed by atoms with Crippen LogP contribution < -0.4 is 9.80 Å². The summed E-state index contributed by atoms with van der Waals surface area (Å²) in [5.74, 6) is 0.777. The van der Waals surface area contributed by atoms with Crippen LogP contribution in [0.4, 0.5) is 11.5 Å². The molecule has 2 heterocycles. The van der Waals surface area contributed by atoms with Gasteiger partial charge in [-0.3, -0.25) is 9.59 Å². The molecule has 6 heteroatoms. The van der Waals surface area contributed by atoms with E-state index in [1.54, 1.807) is 11.1 Å². The van der Waals surface area contributed by atoms with E-state index >= 15 is 0 Å². The highest BCUT2D eigenvalue weighted by Crippen LogP contribution is 2.25. The largest absolute Gasteiger partial charge is 0.353 e. The summed E-state index contributed by atoms with van der Waals surface area (Å²) in [4.78, 5) is 35.0. The lowest BCUT2D eigenvalue weighted by Crippen LogP contribution is -2.52. The number of carbonyl (C=O) groups excluding carboxylic acids is 2. The second-order valence-corrected chi connectivity index (χ2v) is 8.46. The first-order valence-corrected chi connectivity index (χ1v) is 10.1. The average molecular weight is 395 g/mol. The van der Waals surface area contributed by atoms with E-state index in [0.29, 0.717) is 13.1 Å². The number of amides is 2. The number of anilines is 2. The van der Waals surface area contributed by atoms with E-state index in [2.05, 4.69) is 30.7 Å². The van der Waals surface area contributed by atoms with Crippen LogP contribution in [0.15, 0.2) is 48.7 Å². The van der Waals surface area contributed by atoms with Crippen LogP contribution in [0.25, 0.3) is 0 Å². The lowest BCUT2D eigenvalue weighted by molar-refractivity contribution is -0.131. The van der Waals surface area contributed by atoms with Gasteiger partial charge in [0.2, 0.25) is 11.8 Å². The first-order chi connectivity index (χ1) is 13.8. The van der Waals surface area contributed by atoms with Crippen molar-refractivity contribution >= 4 is 23.3 Å². The smallest absolute Gasteiger partial charge is 0.242 e. The Morgan fingerprint density at radius 1 is 1.00 bits per heavy atom. The molecule has 1 aromatic carbocycles. The highest BCUT2D eigenvalue weighted by atomic mass is 16.2. The lowest BCUT2D eigenvalue weighted by atomic mass is 9.87. The standard InChI is InChI=1S/C23H30N4O2/c1-18(28)27(20-10-8-19(9-11-20)23(2,3)4)17-22(29)26-15-13-25(14-16-26)21-7-5-6-12-24-21/h5-12H,13-17H2,1-4H3. The summed E-state index contributed by atoms with van der Waals surface area (Å²) in [6.07, 6.45) is 1.78. The highest BCUT2D eigenvalue weighted by Gasteiger charge is 2.25. The van der Waals surface area contributed by atoms with Gasteiger partial charge in [0.25, 0.3) is 0 Å². The van der Waals surface area contributed by atoms with E-state index in [1.807, 2.05) is 47.4 Å². The number of nitrogens with zero attached hydrogens (tertiary/aromatic N) is 4. The molecule has 3 rings (SSSR count). The van der Waals surface area contributed by atoms with Crippen LogP contribution in [0, 0.1) is 0 Å². The third-order valence-corrected chi connectivity index (χ3v) is 5.32. The fourth-order valence-corrected chi connectivity index (χ4v) is 3.49. The van der Waals surface area contributed by atoms with Crippen molar-refractivity contribution in [2.45, 2.75) is 33.1 Å². The molecule has 1 aromatic heterocycles. The molecule has 6 nitrogen and oxygen atoms in total. The van der Waals surface area contributed by atoms with Gasteiger partial charge in [0.1, 0.15) is 12.4 Å². The van der Waals surface area contributed by atoms with E-state index in [1.165, 1.54) is 12.5 Å². The molecule has 0 saturated carbocycles. The Morgan fingerprint density at radius 3 is 2.17 bits per heavy atom. The molecular formula is C23H30N4O2. The van der Waals surface area contributed by atoms with Crippen LogP contribution in [-0.2, 0) is 15.0 Å². The minimum atomic E-state index is -0.131. The molecule has 0 unspecified atom stereocenters. The van der Waals surface area contributed by atoms with Gasteiger partial charge in [-0.2, -0.15) is 0 Å². The van der Waals surface area contributed by atoms with Crippen molar-refractivity contribution in [3.05, 3.63) is 54.2 Å². The number of benzene rings is 1. The van der Waals surface area contributed by atoms with Crippen LogP contribution in [0.2, 0.25) is 0 Å². The maximum atomic E-state index is 12.9. The second kappa shape index (κ2) is 8.64. The van der Waals surface area contributed by atoms with Crippen LogP contribution in [0.1, 0.15) is 33.3 Å². The number of piperazine rings is 1. The average Bonchev–Trinajstić information content (AvgIpc) is 2.72. The first-order valence-electron chi connectivity index (χ1n) is 10.1. The van der Waals surface area contributed by atoms with Crippen LogP contribution in [0.3, 0.4) is 0 Å². The van der Waals surface area contributed by atoms with Crippen molar-refractivity contribution in [2.75, 3.05) is 42.5 Å². The van der Waals surface area contributed by atoms with Gasteiger partial charge in [-0.1, -0.05) is 39.0 Å². The van der Waals surface area contributed by atoms with Gasteiger partial charge < -0.3 is 14.7 Å². The van der Waals surface area contributed by atoms with Gasteiger partial charge in [0, 0.05) is 45.0 Å². The van der Waals surface area contributed by atoms with Crippen molar-refractivity contribution in [1.29, 1.82) is 0 Å². The minimum Gasteiger partial charge on any atom is -0.353 e. The Balaban J connectivity index is 1.62.